The topological polar surface area (TPSA) is 61.4 Å². The van der Waals surface area contributed by atoms with Crippen molar-refractivity contribution in [2.75, 3.05) is 20.3 Å². The molecule has 2 aromatic carbocycles. The Bertz CT molecular complexity index is 722. The molecule has 0 saturated carbocycles. The van der Waals surface area contributed by atoms with Gasteiger partial charge in [-0.05, 0) is 37.1 Å². The molecule has 0 aliphatic carbocycles. The standard InChI is InChI=1S/C23H34NO4P/c1-4-6-17-27-29(25,28-18-7-5-2)23(21-13-15-22(26-3)16-14-21)24-19-20-11-9-8-10-12-20/h8-16,23-24H,4-7,17-19H2,1-3H3/p+1/t23-/m0/s1. The lowest BCUT2D eigenvalue weighted by Gasteiger charge is -2.26. The first-order chi connectivity index (χ1) is 14.1. The van der Waals surface area contributed by atoms with E-state index in [0.29, 0.717) is 19.8 Å². The molecule has 160 valence electrons. The monoisotopic (exact) mass is 420 g/mol. The minimum atomic E-state index is -3.37. The highest BCUT2D eigenvalue weighted by molar-refractivity contribution is 7.53. The van der Waals surface area contributed by atoms with Crippen molar-refractivity contribution in [2.45, 2.75) is 51.9 Å². The van der Waals surface area contributed by atoms with Gasteiger partial charge >= 0.3 is 7.60 Å². The molecule has 0 radical (unpaired) electrons. The summed E-state index contributed by atoms with van der Waals surface area (Å²) in [5, 5.41) is 2.07. The summed E-state index contributed by atoms with van der Waals surface area (Å²) in [5.74, 6) is 0.339. The minimum Gasteiger partial charge on any atom is -0.497 e. The zero-order chi connectivity index (χ0) is 21.0. The summed E-state index contributed by atoms with van der Waals surface area (Å²) in [6, 6.07) is 17.8. The van der Waals surface area contributed by atoms with Crippen LogP contribution in [0.1, 0.15) is 56.4 Å². The quantitative estimate of drug-likeness (QED) is 0.333. The Morgan fingerprint density at radius 1 is 0.897 bits per heavy atom. The van der Waals surface area contributed by atoms with Crippen molar-refractivity contribution in [3.8, 4) is 5.75 Å². The van der Waals surface area contributed by atoms with Crippen LogP contribution in [0, 0.1) is 0 Å². The second-order valence-corrected chi connectivity index (χ2v) is 9.21. The van der Waals surface area contributed by atoms with Crippen molar-refractivity contribution in [1.29, 1.82) is 0 Å². The van der Waals surface area contributed by atoms with Crippen LogP contribution in [0.5, 0.6) is 5.75 Å². The van der Waals surface area contributed by atoms with Crippen LogP contribution in [0.4, 0.5) is 0 Å². The smallest absolute Gasteiger partial charge is 0.392 e. The molecule has 1 atom stereocenters. The molecule has 0 aliphatic rings. The van der Waals surface area contributed by atoms with Gasteiger partial charge in [0.1, 0.15) is 12.3 Å². The zero-order valence-electron chi connectivity index (χ0n) is 17.9. The van der Waals surface area contributed by atoms with Gasteiger partial charge in [0.05, 0.1) is 20.3 Å². The fraction of sp³-hybridized carbons (Fsp3) is 0.478. The van der Waals surface area contributed by atoms with E-state index in [0.717, 1.165) is 37.0 Å². The fourth-order valence-electron chi connectivity index (χ4n) is 2.98. The zero-order valence-corrected chi connectivity index (χ0v) is 18.8. The summed E-state index contributed by atoms with van der Waals surface area (Å²) in [6.45, 7) is 5.75. The number of hydrogen-bond donors (Lipinski definition) is 1. The molecular formula is C23H35NO4P+. The van der Waals surface area contributed by atoms with Crippen LogP contribution in [0.2, 0.25) is 0 Å². The molecule has 0 spiro atoms. The Labute approximate surface area is 175 Å². The van der Waals surface area contributed by atoms with E-state index >= 15 is 0 Å². The van der Waals surface area contributed by atoms with Crippen molar-refractivity contribution in [1.82, 2.24) is 0 Å². The summed E-state index contributed by atoms with van der Waals surface area (Å²) >= 11 is 0. The molecule has 0 saturated heterocycles. The number of methoxy groups -OCH3 is 1. The predicted molar refractivity (Wildman–Crippen MR) is 117 cm³/mol. The SMILES string of the molecule is CCCCOP(=O)(OCCCC)[C@H]([NH2+]Cc1ccccc1)c1ccc(OC)cc1. The number of benzene rings is 2. The molecular weight excluding hydrogens is 385 g/mol. The highest BCUT2D eigenvalue weighted by Crippen LogP contribution is 2.58. The minimum absolute atomic E-state index is 0.428. The first kappa shape index (κ1) is 23.6. The van der Waals surface area contributed by atoms with Crippen LogP contribution >= 0.6 is 7.60 Å². The van der Waals surface area contributed by atoms with Gasteiger partial charge in [-0.2, -0.15) is 0 Å². The molecule has 0 bridgehead atoms. The van der Waals surface area contributed by atoms with Gasteiger partial charge in [0.2, 0.25) is 5.78 Å². The maximum atomic E-state index is 13.9. The lowest BCUT2D eigenvalue weighted by molar-refractivity contribution is -0.693. The van der Waals surface area contributed by atoms with Gasteiger partial charge in [0, 0.05) is 11.1 Å². The number of ether oxygens (including phenoxy) is 1. The number of hydrogen-bond acceptors (Lipinski definition) is 4. The van der Waals surface area contributed by atoms with Crippen LogP contribution in [0.3, 0.4) is 0 Å². The number of quaternary nitrogens is 1. The van der Waals surface area contributed by atoms with E-state index in [4.69, 9.17) is 13.8 Å². The van der Waals surface area contributed by atoms with E-state index < -0.39 is 13.4 Å². The van der Waals surface area contributed by atoms with Crippen molar-refractivity contribution >= 4 is 7.60 Å². The molecule has 0 amide bonds. The molecule has 0 fully saturated rings. The maximum Gasteiger partial charge on any atom is 0.392 e. The Kier molecular flexibility index (Phi) is 10.4. The van der Waals surface area contributed by atoms with E-state index in [1.54, 1.807) is 7.11 Å². The average Bonchev–Trinajstić information content (AvgIpc) is 2.75. The van der Waals surface area contributed by atoms with Crippen LogP contribution in [-0.2, 0) is 20.2 Å². The third-order valence-corrected chi connectivity index (χ3v) is 7.03. The molecule has 5 nitrogen and oxygen atoms in total. The molecule has 2 N–H and O–H groups in total. The molecule has 0 heterocycles. The molecule has 0 aromatic heterocycles. The van der Waals surface area contributed by atoms with E-state index in [-0.39, 0.29) is 0 Å². The third kappa shape index (κ3) is 7.60. The first-order valence-electron chi connectivity index (χ1n) is 10.5. The van der Waals surface area contributed by atoms with Crippen molar-refractivity contribution in [2.24, 2.45) is 0 Å². The number of nitrogens with two attached hydrogens (primary N) is 1. The lowest BCUT2D eigenvalue weighted by atomic mass is 10.2. The third-order valence-electron chi connectivity index (χ3n) is 4.76. The Morgan fingerprint density at radius 2 is 1.48 bits per heavy atom. The molecule has 6 heteroatoms. The van der Waals surface area contributed by atoms with Gasteiger partial charge in [0.25, 0.3) is 0 Å². The highest BCUT2D eigenvalue weighted by atomic mass is 31.2. The maximum absolute atomic E-state index is 13.9. The summed E-state index contributed by atoms with van der Waals surface area (Å²) in [6.07, 6.45) is 3.68. The van der Waals surface area contributed by atoms with Crippen LogP contribution in [-0.4, -0.2) is 20.3 Å². The summed E-state index contributed by atoms with van der Waals surface area (Å²) < 4.78 is 31.1. The van der Waals surface area contributed by atoms with E-state index in [1.807, 2.05) is 42.5 Å². The number of rotatable bonds is 14. The molecule has 0 unspecified atom stereocenters. The highest BCUT2D eigenvalue weighted by Gasteiger charge is 2.40. The normalized spacial score (nSPS) is 12.7. The second kappa shape index (κ2) is 12.8. The van der Waals surface area contributed by atoms with Crippen molar-refractivity contribution < 1.29 is 23.7 Å². The largest absolute Gasteiger partial charge is 0.497 e. The molecule has 2 rings (SSSR count). The van der Waals surface area contributed by atoms with E-state index in [2.05, 4.69) is 31.3 Å². The molecule has 0 aliphatic heterocycles. The van der Waals surface area contributed by atoms with Gasteiger partial charge in [-0.15, -0.1) is 0 Å². The summed E-state index contributed by atoms with van der Waals surface area (Å²) in [4.78, 5) is 0. The first-order valence-corrected chi connectivity index (χ1v) is 12.1. The van der Waals surface area contributed by atoms with Gasteiger partial charge < -0.3 is 19.1 Å². The van der Waals surface area contributed by atoms with Gasteiger partial charge in [-0.1, -0.05) is 57.0 Å². The van der Waals surface area contributed by atoms with Crippen molar-refractivity contribution in [3.05, 3.63) is 65.7 Å². The van der Waals surface area contributed by atoms with Crippen LogP contribution in [0.15, 0.2) is 54.6 Å². The van der Waals surface area contributed by atoms with Gasteiger partial charge in [-0.25, -0.2) is 0 Å². The van der Waals surface area contributed by atoms with Crippen LogP contribution in [0.25, 0.3) is 0 Å². The van der Waals surface area contributed by atoms with E-state index in [9.17, 15) is 4.57 Å². The Balaban J connectivity index is 2.29. The lowest BCUT2D eigenvalue weighted by Crippen LogP contribution is -2.83. The van der Waals surface area contributed by atoms with Gasteiger partial charge in [0.15, 0.2) is 0 Å². The van der Waals surface area contributed by atoms with Crippen molar-refractivity contribution in [3.63, 3.8) is 0 Å². The Morgan fingerprint density at radius 3 is 2.00 bits per heavy atom. The summed E-state index contributed by atoms with van der Waals surface area (Å²) in [7, 11) is -1.73. The molecule has 2 aromatic rings. The predicted octanol–water partition coefficient (Wildman–Crippen LogP) is 5.28. The van der Waals surface area contributed by atoms with E-state index in [1.165, 1.54) is 5.56 Å². The second-order valence-electron chi connectivity index (χ2n) is 7.06. The average molecular weight is 421 g/mol. The summed E-state index contributed by atoms with van der Waals surface area (Å²) in [5.41, 5.74) is 2.08. The molecule has 29 heavy (non-hydrogen) atoms. The van der Waals surface area contributed by atoms with Gasteiger partial charge in [-0.3, -0.25) is 4.57 Å². The van der Waals surface area contributed by atoms with Crippen LogP contribution < -0.4 is 10.1 Å². The Hall–Kier alpha value is -1.65. The fourth-order valence-corrected chi connectivity index (χ4v) is 5.04. The number of unbranched alkanes of at least 4 members (excludes halogenated alkanes) is 2.